The van der Waals surface area contributed by atoms with Crippen LogP contribution in [0.5, 0.6) is 0 Å². The predicted octanol–water partition coefficient (Wildman–Crippen LogP) is 2.01. The quantitative estimate of drug-likeness (QED) is 0.467. The number of hydrogen-bond acceptors (Lipinski definition) is 3. The second-order valence-electron chi connectivity index (χ2n) is 5.50. The van der Waals surface area contributed by atoms with Gasteiger partial charge >= 0.3 is 0 Å². The lowest BCUT2D eigenvalue weighted by molar-refractivity contribution is 0.487. The second kappa shape index (κ2) is 5.70. The largest absolute Gasteiger partial charge is 0.369 e. The first-order chi connectivity index (χ1) is 8.20. The number of hydrogen-bond donors (Lipinski definition) is 0. The summed E-state index contributed by atoms with van der Waals surface area (Å²) in [5.74, 6) is 1.23. The summed E-state index contributed by atoms with van der Waals surface area (Å²) in [7, 11) is 1.50. The van der Waals surface area contributed by atoms with Gasteiger partial charge in [0.2, 0.25) is 0 Å². The lowest BCUT2D eigenvalue weighted by Gasteiger charge is -2.08. The Morgan fingerprint density at radius 2 is 2.11 bits per heavy atom. The van der Waals surface area contributed by atoms with E-state index in [0.717, 1.165) is 12.4 Å². The zero-order chi connectivity index (χ0) is 13.9. The molecule has 6 heteroatoms. The Bertz CT molecular complexity index is 470. The van der Waals surface area contributed by atoms with Crippen molar-refractivity contribution in [3.05, 3.63) is 6.07 Å². The second-order valence-corrected chi connectivity index (χ2v) is 8.66. The molecule has 18 heavy (non-hydrogen) atoms. The Morgan fingerprint density at radius 1 is 1.50 bits per heavy atom. The molecule has 0 saturated carbocycles. The van der Waals surface area contributed by atoms with E-state index in [1.54, 1.807) is 19.7 Å². The molecule has 0 aliphatic rings. The van der Waals surface area contributed by atoms with Crippen molar-refractivity contribution in [1.82, 2.24) is 14.7 Å². The van der Waals surface area contributed by atoms with Gasteiger partial charge < -0.3 is 9.46 Å². The summed E-state index contributed by atoms with van der Waals surface area (Å²) < 4.78 is 13.9. The summed E-state index contributed by atoms with van der Waals surface area (Å²) in [6.07, 6.45) is 1.73. The van der Waals surface area contributed by atoms with E-state index in [4.69, 9.17) is 0 Å². The highest BCUT2D eigenvalue weighted by molar-refractivity contribution is 7.69. The molecule has 0 amide bonds. The van der Waals surface area contributed by atoms with Crippen LogP contribution >= 0.6 is 7.14 Å². The molecule has 0 atom stereocenters. The minimum absolute atomic E-state index is 0.471. The Labute approximate surface area is 109 Å². The molecule has 0 aromatic carbocycles. The van der Waals surface area contributed by atoms with Crippen LogP contribution < -0.4 is 5.44 Å². The fourth-order valence-corrected chi connectivity index (χ4v) is 2.17. The van der Waals surface area contributed by atoms with E-state index < -0.39 is 7.14 Å². The molecule has 1 heterocycles. The van der Waals surface area contributed by atoms with Crippen molar-refractivity contribution in [3.63, 3.8) is 0 Å². The highest BCUT2D eigenvalue weighted by atomic mass is 31.2. The van der Waals surface area contributed by atoms with Crippen LogP contribution in [0, 0.1) is 5.92 Å². The summed E-state index contributed by atoms with van der Waals surface area (Å²) in [5.41, 5.74) is 0.647. The van der Waals surface area contributed by atoms with Gasteiger partial charge in [-0.1, -0.05) is 13.8 Å². The molecule has 102 valence electrons. The van der Waals surface area contributed by atoms with E-state index in [1.807, 2.05) is 29.7 Å². The number of aliphatic imine (C=N–C) groups is 1. The smallest absolute Gasteiger partial charge is 0.152 e. The lowest BCUT2D eigenvalue weighted by Crippen LogP contribution is -2.11. The van der Waals surface area contributed by atoms with Crippen molar-refractivity contribution in [2.75, 3.05) is 27.4 Å². The molecule has 0 bridgehead atoms. The van der Waals surface area contributed by atoms with E-state index >= 15 is 0 Å². The lowest BCUT2D eigenvalue weighted by atomic mass is 10.2. The Balaban J connectivity index is 3.13. The first-order valence-electron chi connectivity index (χ1n) is 6.04. The topological polar surface area (TPSA) is 50.5 Å². The van der Waals surface area contributed by atoms with Gasteiger partial charge in [0.05, 0.1) is 6.34 Å². The van der Waals surface area contributed by atoms with Crippen LogP contribution in [0.4, 0.5) is 5.82 Å². The number of nitrogens with zero attached hydrogens (tertiary/aromatic N) is 4. The van der Waals surface area contributed by atoms with Crippen LogP contribution in [-0.2, 0) is 11.1 Å². The maximum absolute atomic E-state index is 12.1. The van der Waals surface area contributed by atoms with Gasteiger partial charge in [-0.15, -0.1) is 0 Å². The average Bonchev–Trinajstić information content (AvgIpc) is 2.56. The molecule has 0 saturated heterocycles. The fourth-order valence-electron chi connectivity index (χ4n) is 1.42. The predicted molar refractivity (Wildman–Crippen MR) is 78.0 cm³/mol. The van der Waals surface area contributed by atoms with Gasteiger partial charge in [-0.3, -0.25) is 0 Å². The van der Waals surface area contributed by atoms with Crippen LogP contribution in [0.25, 0.3) is 0 Å². The van der Waals surface area contributed by atoms with Gasteiger partial charge in [0.15, 0.2) is 5.82 Å². The van der Waals surface area contributed by atoms with Crippen molar-refractivity contribution in [2.24, 2.45) is 10.9 Å². The summed E-state index contributed by atoms with van der Waals surface area (Å²) in [6.45, 7) is 8.49. The maximum atomic E-state index is 12.1. The third kappa shape index (κ3) is 4.30. The van der Waals surface area contributed by atoms with Gasteiger partial charge in [0.25, 0.3) is 0 Å². The molecule has 5 nitrogen and oxygen atoms in total. The zero-order valence-corrected chi connectivity index (χ0v) is 13.0. The summed E-state index contributed by atoms with van der Waals surface area (Å²) in [6, 6.07) is 1.82. The average molecular weight is 270 g/mol. The molecular weight excluding hydrogens is 247 g/mol. The summed E-state index contributed by atoms with van der Waals surface area (Å²) in [5, 5.41) is 4.42. The van der Waals surface area contributed by atoms with Crippen LogP contribution in [0.1, 0.15) is 13.8 Å². The van der Waals surface area contributed by atoms with Crippen LogP contribution in [0.2, 0.25) is 0 Å². The minimum atomic E-state index is -2.33. The Hall–Kier alpha value is -1.09. The Kier molecular flexibility index (Phi) is 4.74. The van der Waals surface area contributed by atoms with Crippen molar-refractivity contribution in [2.45, 2.75) is 20.4 Å². The van der Waals surface area contributed by atoms with E-state index in [2.05, 4.69) is 23.9 Å². The van der Waals surface area contributed by atoms with Gasteiger partial charge in [-0.2, -0.15) is 5.10 Å². The first kappa shape index (κ1) is 15.0. The van der Waals surface area contributed by atoms with Gasteiger partial charge in [-0.25, -0.2) is 9.67 Å². The van der Waals surface area contributed by atoms with Crippen LogP contribution in [-0.4, -0.2) is 48.4 Å². The third-order valence-corrected chi connectivity index (χ3v) is 3.58. The molecule has 0 spiro atoms. The molecule has 1 aromatic rings. The maximum Gasteiger partial charge on any atom is 0.152 e. The SMILES string of the molecule is CC(C)Cn1nc(P(C)(C)=O)cc1N=CN(C)C. The van der Waals surface area contributed by atoms with Crippen LogP contribution in [0.3, 0.4) is 0 Å². The van der Waals surface area contributed by atoms with Gasteiger partial charge in [0, 0.05) is 26.7 Å². The molecule has 0 unspecified atom stereocenters. The minimum Gasteiger partial charge on any atom is -0.369 e. The molecule has 0 N–H and O–H groups in total. The fraction of sp³-hybridized carbons (Fsp3) is 0.667. The molecular formula is C12H23N4OP. The molecule has 0 radical (unpaired) electrons. The van der Waals surface area contributed by atoms with Crippen molar-refractivity contribution in [3.8, 4) is 0 Å². The first-order valence-corrected chi connectivity index (χ1v) is 8.64. The number of aromatic nitrogens is 2. The molecule has 0 fully saturated rings. The van der Waals surface area contributed by atoms with E-state index in [9.17, 15) is 4.57 Å². The van der Waals surface area contributed by atoms with Crippen molar-refractivity contribution >= 4 is 24.7 Å². The highest BCUT2D eigenvalue weighted by Crippen LogP contribution is 2.35. The molecule has 1 aromatic heterocycles. The Morgan fingerprint density at radius 3 is 2.56 bits per heavy atom. The molecule has 0 aliphatic carbocycles. The molecule has 0 aliphatic heterocycles. The number of rotatable bonds is 5. The van der Waals surface area contributed by atoms with E-state index in [0.29, 0.717) is 11.4 Å². The van der Waals surface area contributed by atoms with Crippen LogP contribution in [0.15, 0.2) is 11.1 Å². The normalized spacial score (nSPS) is 12.6. The summed E-state index contributed by atoms with van der Waals surface area (Å²) in [4.78, 5) is 6.24. The third-order valence-electron chi connectivity index (χ3n) is 2.26. The van der Waals surface area contributed by atoms with E-state index in [-0.39, 0.29) is 0 Å². The monoisotopic (exact) mass is 270 g/mol. The highest BCUT2D eigenvalue weighted by Gasteiger charge is 2.18. The summed E-state index contributed by atoms with van der Waals surface area (Å²) >= 11 is 0. The zero-order valence-electron chi connectivity index (χ0n) is 12.1. The van der Waals surface area contributed by atoms with Crippen molar-refractivity contribution < 1.29 is 4.57 Å². The van der Waals surface area contributed by atoms with E-state index in [1.165, 1.54) is 0 Å². The van der Waals surface area contributed by atoms with Crippen molar-refractivity contribution in [1.29, 1.82) is 0 Å². The van der Waals surface area contributed by atoms with Gasteiger partial charge in [-0.05, 0) is 19.2 Å². The van der Waals surface area contributed by atoms with Gasteiger partial charge in [0.1, 0.15) is 12.6 Å². The standard InChI is InChI=1S/C12H23N4OP/c1-10(2)8-16-11(13-9-15(3)4)7-12(14-16)18(5,6)17/h7,9-10H,8H2,1-6H3. The molecule has 1 rings (SSSR count).